The number of aryl methyl sites for hydroxylation is 1. The molecule has 0 aliphatic carbocycles. The molecule has 1 amide bonds. The van der Waals surface area contributed by atoms with E-state index < -0.39 is 0 Å². The fourth-order valence-electron chi connectivity index (χ4n) is 1.66. The Hall–Kier alpha value is -1.85. The molecular formula is C12H21N5O. The van der Waals surface area contributed by atoms with Gasteiger partial charge >= 0.3 is 0 Å². The average Bonchev–Trinajstić information content (AvgIpc) is 2.21. The van der Waals surface area contributed by atoms with Gasteiger partial charge in [0.15, 0.2) is 0 Å². The van der Waals surface area contributed by atoms with Crippen LogP contribution in [0.3, 0.4) is 0 Å². The first-order chi connectivity index (χ1) is 8.31. The van der Waals surface area contributed by atoms with Gasteiger partial charge in [0.1, 0.15) is 17.5 Å². The summed E-state index contributed by atoms with van der Waals surface area (Å²) in [7, 11) is 1.81. The summed E-state index contributed by atoms with van der Waals surface area (Å²) in [6, 6.07) is 0.129. The lowest BCUT2D eigenvalue weighted by Gasteiger charge is -2.21. The van der Waals surface area contributed by atoms with Crippen molar-refractivity contribution in [3.8, 4) is 0 Å². The summed E-state index contributed by atoms with van der Waals surface area (Å²) >= 11 is 0. The molecule has 3 N–H and O–H groups in total. The Bertz CT molecular complexity index is 444. The quantitative estimate of drug-likeness (QED) is 0.820. The maximum Gasteiger partial charge on any atom is 0.239 e. The Balaban J connectivity index is 2.84. The predicted molar refractivity (Wildman–Crippen MR) is 72.5 cm³/mol. The van der Waals surface area contributed by atoms with Gasteiger partial charge in [-0.25, -0.2) is 9.97 Å². The van der Waals surface area contributed by atoms with Gasteiger partial charge in [0.05, 0.1) is 6.54 Å². The third kappa shape index (κ3) is 3.58. The summed E-state index contributed by atoms with van der Waals surface area (Å²) in [5.41, 5.74) is 6.58. The van der Waals surface area contributed by atoms with Crippen molar-refractivity contribution in [1.82, 2.24) is 15.3 Å². The number of likely N-dealkylation sites (N-methyl/N-ethyl adjacent to an activating group) is 1. The molecule has 0 spiro atoms. The Morgan fingerprint density at radius 3 is 2.56 bits per heavy atom. The monoisotopic (exact) mass is 251 g/mol. The SMILES string of the molecule is Cc1nc(N)c(C)c(N(C)CC(=O)NC(C)C)n1. The minimum Gasteiger partial charge on any atom is -0.383 e. The maximum absolute atomic E-state index is 11.7. The average molecular weight is 251 g/mol. The molecule has 1 aromatic rings. The normalized spacial score (nSPS) is 10.6. The van der Waals surface area contributed by atoms with Gasteiger partial charge in [-0.3, -0.25) is 4.79 Å². The van der Waals surface area contributed by atoms with Crippen molar-refractivity contribution in [2.75, 3.05) is 24.2 Å². The van der Waals surface area contributed by atoms with Crippen LogP contribution < -0.4 is 16.0 Å². The highest BCUT2D eigenvalue weighted by atomic mass is 16.2. The van der Waals surface area contributed by atoms with Crippen LogP contribution in [0.5, 0.6) is 0 Å². The number of hydrogen-bond acceptors (Lipinski definition) is 5. The zero-order chi connectivity index (χ0) is 13.9. The minimum atomic E-state index is -0.0401. The van der Waals surface area contributed by atoms with E-state index in [-0.39, 0.29) is 18.5 Å². The molecule has 1 aromatic heterocycles. The van der Waals surface area contributed by atoms with Crippen LogP contribution in [-0.2, 0) is 4.79 Å². The van der Waals surface area contributed by atoms with E-state index >= 15 is 0 Å². The molecule has 18 heavy (non-hydrogen) atoms. The number of nitrogens with two attached hydrogens (primary N) is 1. The van der Waals surface area contributed by atoms with Crippen molar-refractivity contribution < 1.29 is 4.79 Å². The number of carbonyl (C=O) groups excluding carboxylic acids is 1. The van der Waals surface area contributed by atoms with E-state index in [2.05, 4.69) is 15.3 Å². The molecule has 6 nitrogen and oxygen atoms in total. The molecule has 0 fully saturated rings. The van der Waals surface area contributed by atoms with E-state index in [0.29, 0.717) is 17.5 Å². The largest absolute Gasteiger partial charge is 0.383 e. The molecule has 1 rings (SSSR count). The first-order valence-electron chi connectivity index (χ1n) is 5.92. The maximum atomic E-state index is 11.7. The Labute approximate surface area is 108 Å². The van der Waals surface area contributed by atoms with Gasteiger partial charge in [-0.1, -0.05) is 0 Å². The lowest BCUT2D eigenvalue weighted by molar-refractivity contribution is -0.120. The Kier molecular flexibility index (Phi) is 4.47. The van der Waals surface area contributed by atoms with Crippen molar-refractivity contribution in [1.29, 1.82) is 0 Å². The highest BCUT2D eigenvalue weighted by molar-refractivity contribution is 5.81. The number of nitrogen functional groups attached to an aromatic ring is 1. The number of hydrogen-bond donors (Lipinski definition) is 2. The second kappa shape index (κ2) is 5.66. The fourth-order valence-corrected chi connectivity index (χ4v) is 1.66. The van der Waals surface area contributed by atoms with Crippen molar-refractivity contribution in [3.63, 3.8) is 0 Å². The zero-order valence-corrected chi connectivity index (χ0v) is 11.6. The molecule has 0 aliphatic heterocycles. The predicted octanol–water partition coefficient (Wildman–Crippen LogP) is 0.636. The summed E-state index contributed by atoms with van der Waals surface area (Å²) in [6.07, 6.45) is 0. The third-order valence-electron chi connectivity index (χ3n) is 2.46. The molecule has 1 heterocycles. The van der Waals surface area contributed by atoms with E-state index in [1.807, 2.05) is 27.8 Å². The molecule has 0 atom stereocenters. The van der Waals surface area contributed by atoms with Crippen molar-refractivity contribution in [2.24, 2.45) is 0 Å². The number of anilines is 2. The standard InChI is InChI=1S/C12H21N5O/c1-7(2)14-10(18)6-17(5)12-8(3)11(13)15-9(4)16-12/h7H,6H2,1-5H3,(H,14,18)(H2,13,15,16). The lowest BCUT2D eigenvalue weighted by atomic mass is 10.3. The van der Waals surface area contributed by atoms with Crippen LogP contribution in [-0.4, -0.2) is 35.5 Å². The molecule has 0 saturated carbocycles. The van der Waals surface area contributed by atoms with Gasteiger partial charge in [-0.2, -0.15) is 0 Å². The summed E-state index contributed by atoms with van der Waals surface area (Å²) in [5, 5.41) is 2.84. The summed E-state index contributed by atoms with van der Waals surface area (Å²) in [4.78, 5) is 21.9. The number of carbonyl (C=O) groups is 1. The number of rotatable bonds is 4. The fraction of sp³-hybridized carbons (Fsp3) is 0.583. The van der Waals surface area contributed by atoms with Gasteiger partial charge in [0.25, 0.3) is 0 Å². The first kappa shape index (κ1) is 14.2. The van der Waals surface area contributed by atoms with E-state index in [1.54, 1.807) is 11.8 Å². The lowest BCUT2D eigenvalue weighted by Crippen LogP contribution is -2.39. The molecule has 0 radical (unpaired) electrons. The van der Waals surface area contributed by atoms with Crippen LogP contribution in [0.15, 0.2) is 0 Å². The number of amides is 1. The number of nitrogens with one attached hydrogen (secondary N) is 1. The smallest absolute Gasteiger partial charge is 0.239 e. The van der Waals surface area contributed by atoms with Crippen LogP contribution in [0.4, 0.5) is 11.6 Å². The second-order valence-corrected chi connectivity index (χ2v) is 4.68. The first-order valence-corrected chi connectivity index (χ1v) is 5.92. The molecule has 6 heteroatoms. The zero-order valence-electron chi connectivity index (χ0n) is 11.6. The van der Waals surface area contributed by atoms with Crippen LogP contribution in [0, 0.1) is 13.8 Å². The van der Waals surface area contributed by atoms with E-state index in [4.69, 9.17) is 5.73 Å². The number of nitrogens with zero attached hydrogens (tertiary/aromatic N) is 3. The van der Waals surface area contributed by atoms with E-state index in [9.17, 15) is 4.79 Å². The van der Waals surface area contributed by atoms with Gasteiger partial charge in [-0.05, 0) is 27.7 Å². The Morgan fingerprint density at radius 1 is 1.39 bits per heavy atom. The molecule has 0 aromatic carbocycles. The summed E-state index contributed by atoms with van der Waals surface area (Å²) in [6.45, 7) is 7.73. The highest BCUT2D eigenvalue weighted by Gasteiger charge is 2.14. The van der Waals surface area contributed by atoms with Gasteiger partial charge in [-0.15, -0.1) is 0 Å². The van der Waals surface area contributed by atoms with E-state index in [1.165, 1.54) is 0 Å². The highest BCUT2D eigenvalue weighted by Crippen LogP contribution is 2.19. The summed E-state index contributed by atoms with van der Waals surface area (Å²) < 4.78 is 0. The molecule has 0 bridgehead atoms. The topological polar surface area (TPSA) is 84.1 Å². The van der Waals surface area contributed by atoms with Crippen LogP contribution in [0.1, 0.15) is 25.2 Å². The molecular weight excluding hydrogens is 230 g/mol. The molecule has 0 unspecified atom stereocenters. The number of aromatic nitrogens is 2. The van der Waals surface area contributed by atoms with Crippen LogP contribution in [0.25, 0.3) is 0 Å². The van der Waals surface area contributed by atoms with Gasteiger partial charge in [0, 0.05) is 18.7 Å². The molecule has 0 saturated heterocycles. The third-order valence-corrected chi connectivity index (χ3v) is 2.46. The van der Waals surface area contributed by atoms with Crippen molar-refractivity contribution in [3.05, 3.63) is 11.4 Å². The van der Waals surface area contributed by atoms with Gasteiger partial charge in [0.2, 0.25) is 5.91 Å². The van der Waals surface area contributed by atoms with Crippen molar-refractivity contribution >= 4 is 17.5 Å². The van der Waals surface area contributed by atoms with Crippen LogP contribution >= 0.6 is 0 Å². The Morgan fingerprint density at radius 2 is 2.00 bits per heavy atom. The van der Waals surface area contributed by atoms with Gasteiger partial charge < -0.3 is 16.0 Å². The summed E-state index contributed by atoms with van der Waals surface area (Å²) in [5.74, 6) is 1.71. The van der Waals surface area contributed by atoms with Crippen LogP contribution in [0.2, 0.25) is 0 Å². The van der Waals surface area contributed by atoms with Crippen molar-refractivity contribution in [2.45, 2.75) is 33.7 Å². The van der Waals surface area contributed by atoms with E-state index in [0.717, 1.165) is 5.56 Å². The minimum absolute atomic E-state index is 0.0401. The molecule has 0 aliphatic rings. The molecule has 100 valence electrons. The second-order valence-electron chi connectivity index (χ2n) is 4.68.